The number of aromatic nitrogens is 4. The lowest BCUT2D eigenvalue weighted by atomic mass is 10.5. The molecular weight excluding hydrogens is 160 g/mol. The molecule has 11 heavy (non-hydrogen) atoms. The molecule has 0 aliphatic rings. The van der Waals surface area contributed by atoms with Crippen LogP contribution in [0, 0.1) is 0 Å². The van der Waals surface area contributed by atoms with Gasteiger partial charge in [-0.3, -0.25) is 4.68 Å². The zero-order chi connectivity index (χ0) is 7.68. The second kappa shape index (κ2) is 2.50. The summed E-state index contributed by atoms with van der Waals surface area (Å²) in [4.78, 5) is 7.91. The molecule has 0 radical (unpaired) electrons. The van der Waals surface area contributed by atoms with Crippen molar-refractivity contribution in [2.45, 2.75) is 5.88 Å². The summed E-state index contributed by atoms with van der Waals surface area (Å²) < 4.78 is 1.73. The Labute approximate surface area is 68.7 Å². The first kappa shape index (κ1) is 6.60. The van der Waals surface area contributed by atoms with E-state index in [1.165, 1.54) is 6.33 Å². The van der Waals surface area contributed by atoms with Crippen LogP contribution in [0.1, 0.15) is 0 Å². The highest BCUT2D eigenvalue weighted by atomic mass is 32.1. The average molecular weight is 166 g/mol. The van der Waals surface area contributed by atoms with Crippen molar-refractivity contribution in [2.75, 3.05) is 0 Å². The predicted molar refractivity (Wildman–Crippen MR) is 44.3 cm³/mol. The highest BCUT2D eigenvalue weighted by molar-refractivity contribution is 7.79. The van der Waals surface area contributed by atoms with Gasteiger partial charge in [0.15, 0.2) is 0 Å². The zero-order valence-electron chi connectivity index (χ0n) is 5.68. The summed E-state index contributed by atoms with van der Waals surface area (Å²) in [5, 5.41) is 4.05. The molecule has 0 atom stereocenters. The summed E-state index contributed by atoms with van der Waals surface area (Å²) in [5.74, 6) is 0.552. The average Bonchev–Trinajstić information content (AvgIpc) is 2.47. The highest BCUT2D eigenvalue weighted by Gasteiger charge is 1.99. The van der Waals surface area contributed by atoms with Crippen LogP contribution in [0.3, 0.4) is 0 Å². The van der Waals surface area contributed by atoms with Gasteiger partial charge in [0, 0.05) is 0 Å². The smallest absolute Gasteiger partial charge is 0.116 e. The summed E-state index contributed by atoms with van der Waals surface area (Å²) in [5.41, 5.74) is 1.77. The van der Waals surface area contributed by atoms with Crippen LogP contribution in [0.5, 0.6) is 0 Å². The first-order valence-electron chi connectivity index (χ1n) is 3.14. The van der Waals surface area contributed by atoms with Gasteiger partial charge in [-0.05, 0) is 0 Å². The minimum absolute atomic E-state index is 0.552. The highest BCUT2D eigenvalue weighted by Crippen LogP contribution is 2.07. The Balaban J connectivity index is 2.76. The largest absolute Gasteiger partial charge is 0.252 e. The molecule has 0 aliphatic heterocycles. The van der Waals surface area contributed by atoms with Crippen molar-refractivity contribution < 1.29 is 0 Å². The van der Waals surface area contributed by atoms with Crippen molar-refractivity contribution in [1.82, 2.24) is 19.7 Å². The van der Waals surface area contributed by atoms with Crippen molar-refractivity contribution in [1.29, 1.82) is 0 Å². The Hall–Kier alpha value is -1.10. The van der Waals surface area contributed by atoms with Gasteiger partial charge >= 0.3 is 0 Å². The van der Waals surface area contributed by atoms with Crippen LogP contribution in [-0.4, -0.2) is 19.7 Å². The quantitative estimate of drug-likeness (QED) is 0.634. The molecule has 0 saturated heterocycles. The van der Waals surface area contributed by atoms with Gasteiger partial charge in [-0.25, -0.2) is 9.97 Å². The zero-order valence-corrected chi connectivity index (χ0v) is 6.57. The topological polar surface area (TPSA) is 43.6 Å². The fraction of sp³-hybridized carbons (Fsp3) is 0.167. The van der Waals surface area contributed by atoms with Crippen molar-refractivity contribution in [3.8, 4) is 0 Å². The van der Waals surface area contributed by atoms with Crippen LogP contribution in [0.2, 0.25) is 0 Å². The van der Waals surface area contributed by atoms with Crippen LogP contribution < -0.4 is 0 Å². The minimum atomic E-state index is 0.552. The Bertz CT molecular complexity index is 369. The Morgan fingerprint density at radius 2 is 2.36 bits per heavy atom. The van der Waals surface area contributed by atoms with Gasteiger partial charge in [0.1, 0.15) is 17.4 Å². The molecule has 4 nitrogen and oxygen atoms in total. The van der Waals surface area contributed by atoms with Crippen molar-refractivity contribution in [2.24, 2.45) is 0 Å². The summed E-state index contributed by atoms with van der Waals surface area (Å²) >= 11 is 4.10. The van der Waals surface area contributed by atoms with E-state index in [0.29, 0.717) is 5.88 Å². The molecule has 0 spiro atoms. The molecule has 2 aromatic rings. The molecule has 2 rings (SSSR count). The monoisotopic (exact) mass is 166 g/mol. The van der Waals surface area contributed by atoms with E-state index in [0.717, 1.165) is 11.0 Å². The summed E-state index contributed by atoms with van der Waals surface area (Å²) in [7, 11) is 0. The standard InChI is InChI=1S/C6H6N4S/c11-4-10-6-2-7-3-8-5(6)1-9-10/h1-3,11H,4H2. The fourth-order valence-electron chi connectivity index (χ4n) is 0.929. The third-order valence-corrected chi connectivity index (χ3v) is 1.72. The SMILES string of the molecule is SCn1ncc2ncncc21. The van der Waals surface area contributed by atoms with Crippen LogP contribution in [0.25, 0.3) is 11.0 Å². The third-order valence-electron chi connectivity index (χ3n) is 1.45. The number of rotatable bonds is 1. The maximum absolute atomic E-state index is 4.10. The molecule has 5 heteroatoms. The molecule has 2 aromatic heterocycles. The predicted octanol–water partition coefficient (Wildman–Crippen LogP) is 0.714. The van der Waals surface area contributed by atoms with Crippen molar-refractivity contribution in [3.63, 3.8) is 0 Å². The molecule has 0 fully saturated rings. The molecule has 0 N–H and O–H groups in total. The number of hydrogen-bond donors (Lipinski definition) is 1. The van der Waals surface area contributed by atoms with Gasteiger partial charge in [0.2, 0.25) is 0 Å². The molecule has 0 amide bonds. The normalized spacial score (nSPS) is 10.6. The Morgan fingerprint density at radius 3 is 3.18 bits per heavy atom. The second-order valence-corrected chi connectivity index (χ2v) is 2.36. The summed E-state index contributed by atoms with van der Waals surface area (Å²) in [6.45, 7) is 0. The van der Waals surface area contributed by atoms with Crippen LogP contribution in [-0.2, 0) is 5.88 Å². The first-order chi connectivity index (χ1) is 5.42. The lowest BCUT2D eigenvalue weighted by molar-refractivity contribution is 0.781. The van der Waals surface area contributed by atoms with Crippen molar-refractivity contribution in [3.05, 3.63) is 18.7 Å². The molecular formula is C6H6N4S. The van der Waals surface area contributed by atoms with E-state index in [1.54, 1.807) is 17.1 Å². The van der Waals surface area contributed by atoms with Crippen LogP contribution in [0.4, 0.5) is 0 Å². The van der Waals surface area contributed by atoms with Gasteiger partial charge in [0.25, 0.3) is 0 Å². The minimum Gasteiger partial charge on any atom is -0.252 e. The van der Waals surface area contributed by atoms with E-state index in [1.807, 2.05) is 0 Å². The van der Waals surface area contributed by atoms with Crippen LogP contribution in [0.15, 0.2) is 18.7 Å². The van der Waals surface area contributed by atoms with Crippen molar-refractivity contribution >= 4 is 23.7 Å². The lowest BCUT2D eigenvalue weighted by Gasteiger charge is -1.93. The molecule has 0 aliphatic carbocycles. The number of nitrogens with zero attached hydrogens (tertiary/aromatic N) is 4. The number of fused-ring (bicyclic) bond motifs is 1. The van der Waals surface area contributed by atoms with Gasteiger partial charge in [0.05, 0.1) is 18.3 Å². The second-order valence-electron chi connectivity index (χ2n) is 2.08. The maximum Gasteiger partial charge on any atom is 0.116 e. The van der Waals surface area contributed by atoms with E-state index in [4.69, 9.17) is 0 Å². The molecule has 0 bridgehead atoms. The third kappa shape index (κ3) is 0.970. The maximum atomic E-state index is 4.10. The first-order valence-corrected chi connectivity index (χ1v) is 3.77. The van der Waals surface area contributed by atoms with E-state index in [9.17, 15) is 0 Å². The molecule has 0 unspecified atom stereocenters. The Kier molecular flexibility index (Phi) is 1.50. The van der Waals surface area contributed by atoms with E-state index in [2.05, 4.69) is 27.7 Å². The van der Waals surface area contributed by atoms with E-state index < -0.39 is 0 Å². The molecule has 2 heterocycles. The van der Waals surface area contributed by atoms with Gasteiger partial charge in [-0.15, -0.1) is 0 Å². The summed E-state index contributed by atoms with van der Waals surface area (Å²) in [6.07, 6.45) is 4.94. The Morgan fingerprint density at radius 1 is 1.45 bits per heavy atom. The number of thiol groups is 1. The number of hydrogen-bond acceptors (Lipinski definition) is 4. The van der Waals surface area contributed by atoms with E-state index >= 15 is 0 Å². The van der Waals surface area contributed by atoms with Gasteiger partial charge in [-0.2, -0.15) is 17.7 Å². The lowest BCUT2D eigenvalue weighted by Crippen LogP contribution is -1.93. The molecule has 0 aromatic carbocycles. The molecule has 56 valence electrons. The van der Waals surface area contributed by atoms with Gasteiger partial charge in [-0.1, -0.05) is 0 Å². The van der Waals surface area contributed by atoms with Gasteiger partial charge < -0.3 is 0 Å². The fourth-order valence-corrected chi connectivity index (χ4v) is 1.15. The van der Waals surface area contributed by atoms with Crippen LogP contribution >= 0.6 is 12.6 Å². The van der Waals surface area contributed by atoms with E-state index in [-0.39, 0.29) is 0 Å². The summed E-state index contributed by atoms with van der Waals surface area (Å²) in [6, 6.07) is 0. The molecule has 0 saturated carbocycles.